The molecule has 17 heavy (non-hydrogen) atoms. The van der Waals surface area contributed by atoms with Crippen LogP contribution in [-0.4, -0.2) is 6.03 Å². The van der Waals surface area contributed by atoms with Crippen molar-refractivity contribution in [2.75, 3.05) is 0 Å². The van der Waals surface area contributed by atoms with Gasteiger partial charge in [-0.05, 0) is 23.6 Å². The molecule has 0 saturated heterocycles. The number of nitrogens with one attached hydrogen (secondary N) is 2. The van der Waals surface area contributed by atoms with Crippen molar-refractivity contribution < 1.29 is 4.79 Å². The number of halogens is 1. The number of carbonyl (C=O) groups excluding carboxylic acids is 1. The summed E-state index contributed by atoms with van der Waals surface area (Å²) in [6.07, 6.45) is 3.57. The van der Waals surface area contributed by atoms with Gasteiger partial charge in [-0.15, -0.1) is 0 Å². The number of hydrogen-bond acceptors (Lipinski definition) is 1. The van der Waals surface area contributed by atoms with E-state index in [1.807, 2.05) is 38.1 Å². The maximum atomic E-state index is 11.4. The Morgan fingerprint density at radius 2 is 2.24 bits per heavy atom. The molecule has 0 fully saturated rings. The Hall–Kier alpha value is -1.48. The van der Waals surface area contributed by atoms with Crippen molar-refractivity contribution >= 4 is 17.6 Å². The molecule has 1 rings (SSSR count). The zero-order valence-corrected chi connectivity index (χ0v) is 10.8. The topological polar surface area (TPSA) is 41.1 Å². The van der Waals surface area contributed by atoms with Crippen LogP contribution in [0.4, 0.5) is 4.79 Å². The summed E-state index contributed by atoms with van der Waals surface area (Å²) in [4.78, 5) is 11.4. The van der Waals surface area contributed by atoms with Gasteiger partial charge in [0.05, 0.1) is 0 Å². The predicted molar refractivity (Wildman–Crippen MR) is 70.8 cm³/mol. The number of carbonyl (C=O) groups is 1. The number of hydrogen-bond donors (Lipinski definition) is 2. The average molecular weight is 253 g/mol. The molecule has 92 valence electrons. The van der Waals surface area contributed by atoms with Crippen LogP contribution in [0.5, 0.6) is 0 Å². The van der Waals surface area contributed by atoms with Crippen LogP contribution in [0.3, 0.4) is 0 Å². The Kier molecular flexibility index (Phi) is 5.57. The summed E-state index contributed by atoms with van der Waals surface area (Å²) in [6.45, 7) is 4.55. The fourth-order valence-corrected chi connectivity index (χ4v) is 1.41. The van der Waals surface area contributed by atoms with Crippen LogP contribution in [0.15, 0.2) is 36.5 Å². The maximum Gasteiger partial charge on any atom is 0.319 e. The molecule has 0 aliphatic carbocycles. The summed E-state index contributed by atoms with van der Waals surface area (Å²) in [6, 6.07) is 7.18. The molecule has 0 saturated carbocycles. The third-order valence-corrected chi connectivity index (χ3v) is 2.27. The van der Waals surface area contributed by atoms with Gasteiger partial charge in [0.2, 0.25) is 0 Å². The molecule has 1 aromatic carbocycles. The van der Waals surface area contributed by atoms with E-state index in [9.17, 15) is 4.79 Å². The van der Waals surface area contributed by atoms with Gasteiger partial charge in [-0.2, -0.15) is 0 Å². The minimum atomic E-state index is -0.220. The first-order valence-electron chi connectivity index (χ1n) is 5.53. The lowest BCUT2D eigenvalue weighted by Crippen LogP contribution is -2.31. The average Bonchev–Trinajstić information content (AvgIpc) is 2.26. The van der Waals surface area contributed by atoms with Crippen molar-refractivity contribution in [2.45, 2.75) is 20.4 Å². The number of rotatable bonds is 4. The normalized spacial score (nSPS) is 10.8. The first-order chi connectivity index (χ1) is 8.08. The highest BCUT2D eigenvalue weighted by Gasteiger charge is 1.98. The summed E-state index contributed by atoms with van der Waals surface area (Å²) < 4.78 is 0. The second-order valence-corrected chi connectivity index (χ2v) is 4.50. The van der Waals surface area contributed by atoms with Gasteiger partial charge in [0.25, 0.3) is 0 Å². The monoisotopic (exact) mass is 252 g/mol. The zero-order chi connectivity index (χ0) is 12.7. The smallest absolute Gasteiger partial charge is 0.319 e. The van der Waals surface area contributed by atoms with Crippen LogP contribution < -0.4 is 10.6 Å². The number of amides is 2. The molecule has 0 atom stereocenters. The molecular weight excluding hydrogens is 236 g/mol. The fraction of sp³-hybridized carbons (Fsp3) is 0.308. The molecule has 0 spiro atoms. The summed E-state index contributed by atoms with van der Waals surface area (Å²) >= 11 is 5.84. The molecule has 0 radical (unpaired) electrons. The zero-order valence-electron chi connectivity index (χ0n) is 10.0. The van der Waals surface area contributed by atoms with Gasteiger partial charge < -0.3 is 10.6 Å². The minimum absolute atomic E-state index is 0.220. The van der Waals surface area contributed by atoms with E-state index in [2.05, 4.69) is 10.6 Å². The predicted octanol–water partition coefficient (Wildman–Crippen LogP) is 3.31. The standard InChI is InChI=1S/C13H17ClN2O/c1-10(2)6-7-15-13(17)16-9-11-4-3-5-12(14)8-11/h3-8,10H,9H2,1-2H3,(H2,15,16,17)/b7-6+. The van der Waals surface area contributed by atoms with Gasteiger partial charge in [0, 0.05) is 17.8 Å². The van der Waals surface area contributed by atoms with E-state index in [1.165, 1.54) is 0 Å². The molecular formula is C13H17ClN2O. The van der Waals surface area contributed by atoms with E-state index in [-0.39, 0.29) is 6.03 Å². The Morgan fingerprint density at radius 3 is 2.88 bits per heavy atom. The second-order valence-electron chi connectivity index (χ2n) is 4.06. The Morgan fingerprint density at radius 1 is 1.47 bits per heavy atom. The number of urea groups is 1. The lowest BCUT2D eigenvalue weighted by atomic mass is 10.2. The van der Waals surface area contributed by atoms with Crippen LogP contribution in [0, 0.1) is 5.92 Å². The highest BCUT2D eigenvalue weighted by atomic mass is 35.5. The van der Waals surface area contributed by atoms with Crippen LogP contribution in [-0.2, 0) is 6.54 Å². The van der Waals surface area contributed by atoms with Gasteiger partial charge in [-0.3, -0.25) is 0 Å². The van der Waals surface area contributed by atoms with Crippen LogP contribution >= 0.6 is 11.6 Å². The Labute approximate surface area is 107 Å². The summed E-state index contributed by atoms with van der Waals surface area (Å²) in [5, 5.41) is 6.05. The van der Waals surface area contributed by atoms with E-state index in [4.69, 9.17) is 11.6 Å². The highest BCUT2D eigenvalue weighted by molar-refractivity contribution is 6.30. The fourth-order valence-electron chi connectivity index (χ4n) is 1.20. The van der Waals surface area contributed by atoms with Crippen molar-refractivity contribution in [3.05, 3.63) is 47.1 Å². The second kappa shape index (κ2) is 6.97. The van der Waals surface area contributed by atoms with Gasteiger partial charge in [-0.1, -0.05) is 43.7 Å². The van der Waals surface area contributed by atoms with Crippen LogP contribution in [0.25, 0.3) is 0 Å². The minimum Gasteiger partial charge on any atom is -0.334 e. The van der Waals surface area contributed by atoms with E-state index in [1.54, 1.807) is 12.3 Å². The molecule has 3 nitrogen and oxygen atoms in total. The lowest BCUT2D eigenvalue weighted by molar-refractivity contribution is 0.243. The van der Waals surface area contributed by atoms with Crippen molar-refractivity contribution in [1.29, 1.82) is 0 Å². The summed E-state index contributed by atoms with van der Waals surface area (Å²) in [7, 11) is 0. The van der Waals surface area contributed by atoms with E-state index >= 15 is 0 Å². The van der Waals surface area contributed by atoms with Crippen molar-refractivity contribution in [1.82, 2.24) is 10.6 Å². The van der Waals surface area contributed by atoms with Crippen LogP contribution in [0.2, 0.25) is 5.02 Å². The van der Waals surface area contributed by atoms with Crippen molar-refractivity contribution in [3.63, 3.8) is 0 Å². The van der Waals surface area contributed by atoms with Gasteiger partial charge >= 0.3 is 6.03 Å². The molecule has 0 bridgehead atoms. The summed E-state index contributed by atoms with van der Waals surface area (Å²) in [5.41, 5.74) is 0.973. The van der Waals surface area contributed by atoms with Gasteiger partial charge in [0.1, 0.15) is 0 Å². The molecule has 2 N–H and O–H groups in total. The third kappa shape index (κ3) is 5.97. The Bertz CT molecular complexity index is 402. The largest absolute Gasteiger partial charge is 0.334 e. The van der Waals surface area contributed by atoms with Gasteiger partial charge in [0.15, 0.2) is 0 Å². The number of allylic oxidation sites excluding steroid dienone is 1. The first kappa shape index (κ1) is 13.6. The van der Waals surface area contributed by atoms with Crippen molar-refractivity contribution in [2.24, 2.45) is 5.92 Å². The SMILES string of the molecule is CC(C)/C=C/NC(=O)NCc1cccc(Cl)c1. The van der Waals surface area contributed by atoms with E-state index in [0.29, 0.717) is 17.5 Å². The van der Waals surface area contributed by atoms with Crippen molar-refractivity contribution in [3.8, 4) is 0 Å². The third-order valence-electron chi connectivity index (χ3n) is 2.04. The molecule has 0 aromatic heterocycles. The Balaban J connectivity index is 2.33. The lowest BCUT2D eigenvalue weighted by Gasteiger charge is -2.05. The molecule has 4 heteroatoms. The molecule has 0 aliphatic rings. The van der Waals surface area contributed by atoms with E-state index < -0.39 is 0 Å². The molecule has 1 aromatic rings. The summed E-state index contributed by atoms with van der Waals surface area (Å²) in [5.74, 6) is 0.420. The molecule has 2 amide bonds. The quantitative estimate of drug-likeness (QED) is 0.848. The highest BCUT2D eigenvalue weighted by Crippen LogP contribution is 2.09. The first-order valence-corrected chi connectivity index (χ1v) is 5.91. The van der Waals surface area contributed by atoms with Gasteiger partial charge in [-0.25, -0.2) is 4.79 Å². The number of benzene rings is 1. The van der Waals surface area contributed by atoms with E-state index in [0.717, 1.165) is 5.56 Å². The molecule has 0 unspecified atom stereocenters. The molecule has 0 aliphatic heterocycles. The maximum absolute atomic E-state index is 11.4. The molecule has 0 heterocycles. The van der Waals surface area contributed by atoms with Crippen LogP contribution in [0.1, 0.15) is 19.4 Å².